The monoisotopic (exact) mass is 406 g/mol. The van der Waals surface area contributed by atoms with Crippen molar-refractivity contribution in [1.82, 2.24) is 29.8 Å². The second-order valence-electron chi connectivity index (χ2n) is 8.71. The number of aromatic nitrogens is 5. The Labute approximate surface area is 175 Å². The molecule has 0 aromatic carbocycles. The molecule has 0 spiro atoms. The number of amides is 1. The number of piperidine rings is 1. The number of rotatable bonds is 5. The van der Waals surface area contributed by atoms with Crippen molar-refractivity contribution in [2.75, 3.05) is 13.1 Å². The van der Waals surface area contributed by atoms with Crippen LogP contribution < -0.4 is 0 Å². The van der Waals surface area contributed by atoms with E-state index in [1.54, 1.807) is 17.1 Å². The summed E-state index contributed by atoms with van der Waals surface area (Å²) in [5, 5.41) is 8.78. The fraction of sp³-hybridized carbons (Fsp3) is 0.500. The third kappa shape index (κ3) is 3.51. The van der Waals surface area contributed by atoms with Gasteiger partial charge in [0.05, 0.1) is 5.41 Å². The van der Waals surface area contributed by atoms with Crippen LogP contribution in [0.15, 0.2) is 35.1 Å². The van der Waals surface area contributed by atoms with E-state index < -0.39 is 0 Å². The smallest absolute Gasteiger partial charge is 0.274 e. The minimum atomic E-state index is -0.270. The van der Waals surface area contributed by atoms with E-state index in [0.717, 1.165) is 42.9 Å². The van der Waals surface area contributed by atoms with E-state index >= 15 is 0 Å². The third-order valence-electron chi connectivity index (χ3n) is 6.40. The fourth-order valence-corrected chi connectivity index (χ4v) is 4.50. The topological polar surface area (TPSA) is 89.9 Å². The summed E-state index contributed by atoms with van der Waals surface area (Å²) in [7, 11) is 1.86. The lowest BCUT2D eigenvalue weighted by Gasteiger charge is -2.41. The molecule has 8 nitrogen and oxygen atoms in total. The molecule has 1 saturated heterocycles. The Balaban J connectivity index is 1.45. The quantitative estimate of drug-likeness (QED) is 0.647. The Morgan fingerprint density at radius 1 is 1.30 bits per heavy atom. The maximum Gasteiger partial charge on any atom is 0.274 e. The van der Waals surface area contributed by atoms with Crippen LogP contribution in [0.5, 0.6) is 0 Å². The summed E-state index contributed by atoms with van der Waals surface area (Å²) in [6, 6.07) is 5.59. The number of hydrogen-bond donors (Lipinski definition) is 0. The summed E-state index contributed by atoms with van der Waals surface area (Å²) in [6.45, 7) is 3.29. The predicted octanol–water partition coefficient (Wildman–Crippen LogP) is 3.15. The van der Waals surface area contributed by atoms with E-state index in [1.807, 2.05) is 37.1 Å². The lowest BCUT2D eigenvalue weighted by molar-refractivity contribution is 0.0600. The molecular formula is C22H26N6O2. The van der Waals surface area contributed by atoms with Crippen molar-refractivity contribution in [3.05, 3.63) is 47.8 Å². The van der Waals surface area contributed by atoms with Gasteiger partial charge in [-0.3, -0.25) is 14.5 Å². The first kappa shape index (κ1) is 19.0. The van der Waals surface area contributed by atoms with E-state index in [2.05, 4.69) is 15.2 Å². The van der Waals surface area contributed by atoms with E-state index in [1.165, 1.54) is 12.8 Å². The van der Waals surface area contributed by atoms with Crippen molar-refractivity contribution in [3.8, 4) is 11.5 Å². The van der Waals surface area contributed by atoms with Gasteiger partial charge in [-0.25, -0.2) is 0 Å². The van der Waals surface area contributed by atoms with Crippen LogP contribution in [0, 0.1) is 12.8 Å². The molecule has 5 rings (SSSR count). The molecule has 1 amide bonds. The first-order chi connectivity index (χ1) is 14.5. The summed E-state index contributed by atoms with van der Waals surface area (Å²) in [5.41, 5.74) is 2.06. The lowest BCUT2D eigenvalue weighted by atomic mass is 9.74. The molecule has 4 heterocycles. The number of likely N-dealkylation sites (tertiary alicyclic amines) is 1. The van der Waals surface area contributed by atoms with Crippen molar-refractivity contribution in [2.24, 2.45) is 13.0 Å². The number of pyridine rings is 1. The van der Waals surface area contributed by atoms with Crippen molar-refractivity contribution in [2.45, 2.75) is 44.4 Å². The molecule has 3 aromatic heterocycles. The average Bonchev–Trinajstić information content (AvgIpc) is 3.30. The SMILES string of the molecule is Cc1cc(C(=O)N2CCCC(CC3CC3)(c3noc(-c4ccncc4)n3)C2)nn1C. The van der Waals surface area contributed by atoms with Gasteiger partial charge in [-0.15, -0.1) is 0 Å². The largest absolute Gasteiger partial charge is 0.336 e. The molecular weight excluding hydrogens is 380 g/mol. The fourth-order valence-electron chi connectivity index (χ4n) is 4.50. The van der Waals surface area contributed by atoms with Gasteiger partial charge < -0.3 is 9.42 Å². The van der Waals surface area contributed by atoms with Crippen LogP contribution in [-0.2, 0) is 12.5 Å². The third-order valence-corrected chi connectivity index (χ3v) is 6.40. The molecule has 3 aromatic rings. The van der Waals surface area contributed by atoms with E-state index in [-0.39, 0.29) is 11.3 Å². The van der Waals surface area contributed by atoms with E-state index in [0.29, 0.717) is 24.0 Å². The van der Waals surface area contributed by atoms with Gasteiger partial charge in [0.15, 0.2) is 11.5 Å². The Morgan fingerprint density at radius 2 is 2.10 bits per heavy atom. The summed E-state index contributed by atoms with van der Waals surface area (Å²) in [6.07, 6.45) is 8.79. The number of carbonyl (C=O) groups excluding carboxylic acids is 1. The molecule has 2 aliphatic rings. The molecule has 1 aliphatic carbocycles. The number of nitrogens with zero attached hydrogens (tertiary/aromatic N) is 6. The first-order valence-corrected chi connectivity index (χ1v) is 10.6. The highest BCUT2D eigenvalue weighted by molar-refractivity contribution is 5.92. The molecule has 8 heteroatoms. The Bertz CT molecular complexity index is 1040. The highest BCUT2D eigenvalue weighted by Gasteiger charge is 2.46. The van der Waals surface area contributed by atoms with Gasteiger partial charge in [-0.05, 0) is 50.3 Å². The molecule has 2 fully saturated rings. The zero-order chi connectivity index (χ0) is 20.7. The molecule has 1 aliphatic heterocycles. The van der Waals surface area contributed by atoms with Gasteiger partial charge >= 0.3 is 0 Å². The first-order valence-electron chi connectivity index (χ1n) is 10.6. The minimum Gasteiger partial charge on any atom is -0.336 e. The van der Waals surface area contributed by atoms with Crippen molar-refractivity contribution in [3.63, 3.8) is 0 Å². The van der Waals surface area contributed by atoms with Gasteiger partial charge in [-0.2, -0.15) is 10.1 Å². The Hall–Kier alpha value is -3.03. The normalized spacial score (nSPS) is 21.7. The zero-order valence-corrected chi connectivity index (χ0v) is 17.4. The average molecular weight is 406 g/mol. The lowest BCUT2D eigenvalue weighted by Crippen LogP contribution is -2.49. The summed E-state index contributed by atoms with van der Waals surface area (Å²) >= 11 is 0. The van der Waals surface area contributed by atoms with E-state index in [9.17, 15) is 4.79 Å². The number of carbonyl (C=O) groups is 1. The van der Waals surface area contributed by atoms with Crippen LogP contribution in [0.4, 0.5) is 0 Å². The standard InChI is InChI=1S/C22H26N6O2/c1-15-12-18(25-27(15)2)20(29)28-11-3-8-22(14-28,13-16-4-5-16)21-24-19(30-26-21)17-6-9-23-10-7-17/h6-7,9-10,12,16H,3-5,8,11,13-14H2,1-2H3. The minimum absolute atomic E-state index is 0.0172. The highest BCUT2D eigenvalue weighted by atomic mass is 16.5. The van der Waals surface area contributed by atoms with Gasteiger partial charge in [0.1, 0.15) is 0 Å². The van der Waals surface area contributed by atoms with E-state index in [4.69, 9.17) is 9.51 Å². The molecule has 1 saturated carbocycles. The summed E-state index contributed by atoms with van der Waals surface area (Å²) in [5.74, 6) is 1.89. The summed E-state index contributed by atoms with van der Waals surface area (Å²) < 4.78 is 7.37. The van der Waals surface area contributed by atoms with Crippen molar-refractivity contribution >= 4 is 5.91 Å². The van der Waals surface area contributed by atoms with Crippen molar-refractivity contribution in [1.29, 1.82) is 0 Å². The van der Waals surface area contributed by atoms with Gasteiger partial charge in [0.25, 0.3) is 11.8 Å². The van der Waals surface area contributed by atoms with Crippen LogP contribution in [0.25, 0.3) is 11.5 Å². The molecule has 1 unspecified atom stereocenters. The molecule has 0 radical (unpaired) electrons. The molecule has 0 bridgehead atoms. The number of aryl methyl sites for hydroxylation is 2. The molecule has 0 N–H and O–H groups in total. The second kappa shape index (κ2) is 7.34. The van der Waals surface area contributed by atoms with Crippen LogP contribution in [0.1, 0.15) is 54.1 Å². The molecule has 30 heavy (non-hydrogen) atoms. The Morgan fingerprint density at radius 3 is 2.80 bits per heavy atom. The van der Waals surface area contributed by atoms with Crippen LogP contribution in [-0.4, -0.2) is 48.8 Å². The van der Waals surface area contributed by atoms with Gasteiger partial charge in [-0.1, -0.05) is 18.0 Å². The molecule has 1 atom stereocenters. The van der Waals surface area contributed by atoms with Crippen LogP contribution in [0.2, 0.25) is 0 Å². The Kier molecular flexibility index (Phi) is 4.64. The van der Waals surface area contributed by atoms with Crippen LogP contribution >= 0.6 is 0 Å². The zero-order valence-electron chi connectivity index (χ0n) is 17.4. The predicted molar refractivity (Wildman–Crippen MR) is 110 cm³/mol. The maximum absolute atomic E-state index is 13.2. The second-order valence-corrected chi connectivity index (χ2v) is 8.71. The van der Waals surface area contributed by atoms with Crippen LogP contribution in [0.3, 0.4) is 0 Å². The van der Waals surface area contributed by atoms with Gasteiger partial charge in [0, 0.05) is 43.8 Å². The van der Waals surface area contributed by atoms with Gasteiger partial charge in [0.2, 0.25) is 0 Å². The highest BCUT2D eigenvalue weighted by Crippen LogP contribution is 2.46. The number of hydrogen-bond acceptors (Lipinski definition) is 6. The molecule has 156 valence electrons. The van der Waals surface area contributed by atoms with Crippen molar-refractivity contribution < 1.29 is 9.32 Å². The maximum atomic E-state index is 13.2. The summed E-state index contributed by atoms with van der Waals surface area (Å²) in [4.78, 5) is 23.9.